The van der Waals surface area contributed by atoms with Crippen LogP contribution in [0, 0.1) is 6.92 Å². The summed E-state index contributed by atoms with van der Waals surface area (Å²) in [4.78, 5) is 18.7. The van der Waals surface area contributed by atoms with Crippen LogP contribution in [-0.2, 0) is 14.8 Å². The maximum Gasteiger partial charge on any atom is 0.415 e. The van der Waals surface area contributed by atoms with Gasteiger partial charge in [-0.2, -0.15) is 0 Å². The molecule has 2 heterocycles. The van der Waals surface area contributed by atoms with Gasteiger partial charge in [-0.3, -0.25) is 4.72 Å². The van der Waals surface area contributed by atoms with Crippen molar-refractivity contribution in [3.63, 3.8) is 0 Å². The van der Waals surface area contributed by atoms with Gasteiger partial charge >= 0.3 is 6.09 Å². The average Bonchev–Trinajstić information content (AvgIpc) is 3.18. The maximum absolute atomic E-state index is 13.2. The molecule has 0 spiro atoms. The number of ether oxygens (including phenoxy) is 3. The normalized spacial score (nSPS) is 14.0. The monoisotopic (exact) mass is 504 g/mol. The van der Waals surface area contributed by atoms with E-state index in [1.807, 2.05) is 6.92 Å². The number of rotatable bonds is 6. The van der Waals surface area contributed by atoms with E-state index in [4.69, 9.17) is 19.9 Å². The molecule has 1 aromatic heterocycles. The van der Waals surface area contributed by atoms with Gasteiger partial charge in [-0.25, -0.2) is 18.2 Å². The third-order valence-electron chi connectivity index (χ3n) is 5.11. The molecule has 1 fully saturated rings. The molecule has 0 radical (unpaired) electrons. The van der Waals surface area contributed by atoms with Gasteiger partial charge in [0.1, 0.15) is 16.4 Å². The van der Waals surface area contributed by atoms with Crippen LogP contribution in [0.4, 0.5) is 15.6 Å². The molecular formula is C22H24N4O6S2. The number of nitrogen functional groups attached to an aromatic ring is 1. The number of carbonyl (C=O) groups excluding carboxylic acids is 1. The van der Waals surface area contributed by atoms with Gasteiger partial charge in [-0.05, 0) is 55.0 Å². The molecule has 34 heavy (non-hydrogen) atoms. The number of aromatic nitrogens is 1. The quantitative estimate of drug-likeness (QED) is 0.522. The van der Waals surface area contributed by atoms with Crippen LogP contribution in [0.15, 0.2) is 47.4 Å². The van der Waals surface area contributed by atoms with Gasteiger partial charge in [0.15, 0.2) is 5.13 Å². The minimum atomic E-state index is -4.00. The summed E-state index contributed by atoms with van der Waals surface area (Å²) in [6.07, 6.45) is -0.475. The first kappa shape index (κ1) is 23.8. The lowest BCUT2D eigenvalue weighted by Crippen LogP contribution is -2.42. The number of morpholine rings is 1. The number of anilines is 2. The summed E-state index contributed by atoms with van der Waals surface area (Å²) in [6.45, 7) is 3.68. The fourth-order valence-corrected chi connectivity index (χ4v) is 5.51. The van der Waals surface area contributed by atoms with E-state index < -0.39 is 16.1 Å². The number of carbonyl (C=O) groups is 1. The molecule has 1 amide bonds. The highest BCUT2D eigenvalue weighted by atomic mass is 32.2. The lowest BCUT2D eigenvalue weighted by molar-refractivity contribution is 0.0416. The first-order valence-electron chi connectivity index (χ1n) is 10.4. The number of hydrogen-bond acceptors (Lipinski definition) is 9. The maximum atomic E-state index is 13.2. The molecule has 3 aromatic rings. The molecule has 10 nitrogen and oxygen atoms in total. The summed E-state index contributed by atoms with van der Waals surface area (Å²) in [7, 11) is -2.59. The van der Waals surface area contributed by atoms with Crippen LogP contribution in [0.1, 0.15) is 5.69 Å². The van der Waals surface area contributed by atoms with Gasteiger partial charge in [-0.1, -0.05) is 11.3 Å². The van der Waals surface area contributed by atoms with E-state index in [2.05, 4.69) is 9.71 Å². The highest BCUT2D eigenvalue weighted by molar-refractivity contribution is 7.92. The van der Waals surface area contributed by atoms with E-state index in [-0.39, 0.29) is 10.6 Å². The van der Waals surface area contributed by atoms with Crippen molar-refractivity contribution in [3.8, 4) is 21.9 Å². The van der Waals surface area contributed by atoms with Gasteiger partial charge < -0.3 is 24.8 Å². The van der Waals surface area contributed by atoms with Gasteiger partial charge in [-0.15, -0.1) is 0 Å². The fourth-order valence-electron chi connectivity index (χ4n) is 3.43. The molecule has 1 aliphatic heterocycles. The number of benzene rings is 2. The van der Waals surface area contributed by atoms with Crippen LogP contribution < -0.4 is 19.9 Å². The Morgan fingerprint density at radius 1 is 1.18 bits per heavy atom. The number of amides is 1. The van der Waals surface area contributed by atoms with Crippen LogP contribution in [0.3, 0.4) is 0 Å². The second-order valence-electron chi connectivity index (χ2n) is 7.43. The molecule has 3 N–H and O–H groups in total. The van der Waals surface area contributed by atoms with E-state index >= 15 is 0 Å². The molecule has 180 valence electrons. The van der Waals surface area contributed by atoms with Crippen molar-refractivity contribution < 1.29 is 27.4 Å². The smallest absolute Gasteiger partial charge is 0.415 e. The number of nitrogens with one attached hydrogen (secondary N) is 1. The Labute approximate surface area is 201 Å². The van der Waals surface area contributed by atoms with Gasteiger partial charge in [0.2, 0.25) is 0 Å². The Kier molecular flexibility index (Phi) is 6.91. The minimum absolute atomic E-state index is 0.0262. The molecule has 2 aromatic carbocycles. The van der Waals surface area contributed by atoms with Gasteiger partial charge in [0, 0.05) is 18.8 Å². The van der Waals surface area contributed by atoms with Gasteiger partial charge in [0.25, 0.3) is 10.0 Å². The third-order valence-corrected chi connectivity index (χ3v) is 7.55. The summed E-state index contributed by atoms with van der Waals surface area (Å²) in [5.74, 6) is 0.500. The zero-order valence-electron chi connectivity index (χ0n) is 18.6. The minimum Gasteiger partial charge on any atom is -0.495 e. The molecule has 4 rings (SSSR count). The largest absolute Gasteiger partial charge is 0.495 e. The van der Waals surface area contributed by atoms with Crippen LogP contribution in [-0.4, -0.2) is 57.8 Å². The van der Waals surface area contributed by atoms with E-state index in [1.165, 1.54) is 48.8 Å². The number of methoxy groups -OCH3 is 1. The summed E-state index contributed by atoms with van der Waals surface area (Å²) in [5.41, 5.74) is 7.48. The van der Waals surface area contributed by atoms with Crippen LogP contribution in [0.25, 0.3) is 10.4 Å². The van der Waals surface area contributed by atoms with Crippen molar-refractivity contribution in [2.24, 2.45) is 0 Å². The predicted octanol–water partition coefficient (Wildman–Crippen LogP) is 3.34. The topological polar surface area (TPSA) is 133 Å². The molecule has 1 aliphatic rings. The van der Waals surface area contributed by atoms with Crippen molar-refractivity contribution in [1.82, 2.24) is 9.88 Å². The SMILES string of the molecule is COc1ccc(-c2sc(N)nc2C)cc1S(=O)(=O)Nc1ccc(OC(=O)N2CCOCC2)cc1. The Hall–Kier alpha value is -3.35. The average molecular weight is 505 g/mol. The highest BCUT2D eigenvalue weighted by Gasteiger charge is 2.23. The number of nitrogens with two attached hydrogens (primary N) is 1. The predicted molar refractivity (Wildman–Crippen MR) is 129 cm³/mol. The standard InChI is InChI=1S/C22H24N4O6S2/c1-14-20(33-21(23)24-14)15-3-8-18(30-2)19(13-15)34(28,29)25-16-4-6-17(7-5-16)32-22(27)26-9-11-31-12-10-26/h3-8,13,25H,9-12H2,1-2H3,(H2,23,24). The summed E-state index contributed by atoms with van der Waals surface area (Å²) >= 11 is 1.28. The Balaban J connectivity index is 1.52. The second kappa shape index (κ2) is 9.87. The third kappa shape index (κ3) is 5.24. The van der Waals surface area contributed by atoms with Crippen LogP contribution in [0.5, 0.6) is 11.5 Å². The number of sulfonamides is 1. The summed E-state index contributed by atoms with van der Waals surface area (Å²) < 4.78 is 44.8. The Morgan fingerprint density at radius 3 is 2.50 bits per heavy atom. The lowest BCUT2D eigenvalue weighted by atomic mass is 10.1. The van der Waals surface area contributed by atoms with Crippen LogP contribution >= 0.6 is 11.3 Å². The van der Waals surface area contributed by atoms with E-state index in [0.717, 1.165) is 4.88 Å². The first-order valence-corrected chi connectivity index (χ1v) is 12.7. The number of nitrogens with zero attached hydrogens (tertiary/aromatic N) is 2. The lowest BCUT2D eigenvalue weighted by Gasteiger charge is -2.25. The first-order chi connectivity index (χ1) is 16.3. The molecule has 0 saturated carbocycles. The number of thiazole rings is 1. The van der Waals surface area contributed by atoms with E-state index in [1.54, 1.807) is 17.0 Å². The number of hydrogen-bond donors (Lipinski definition) is 2. The molecule has 0 bridgehead atoms. The van der Waals surface area contributed by atoms with Gasteiger partial charge in [0.05, 0.1) is 30.9 Å². The summed E-state index contributed by atoms with van der Waals surface area (Å²) in [6, 6.07) is 11.0. The molecule has 0 unspecified atom stereocenters. The molecule has 0 aliphatic carbocycles. The van der Waals surface area contributed by atoms with E-state index in [9.17, 15) is 13.2 Å². The van der Waals surface area contributed by atoms with Crippen LogP contribution in [0.2, 0.25) is 0 Å². The van der Waals surface area contributed by atoms with Crippen molar-refractivity contribution in [2.45, 2.75) is 11.8 Å². The van der Waals surface area contributed by atoms with Crippen molar-refractivity contribution in [2.75, 3.05) is 43.9 Å². The zero-order chi connectivity index (χ0) is 24.3. The second-order valence-corrected chi connectivity index (χ2v) is 10.1. The summed E-state index contributed by atoms with van der Waals surface area (Å²) in [5, 5.41) is 0.403. The van der Waals surface area contributed by atoms with Crippen molar-refractivity contribution in [3.05, 3.63) is 48.2 Å². The highest BCUT2D eigenvalue weighted by Crippen LogP contribution is 2.36. The zero-order valence-corrected chi connectivity index (χ0v) is 20.2. The van der Waals surface area contributed by atoms with E-state index in [0.29, 0.717) is 54.1 Å². The molecule has 0 atom stereocenters. The van der Waals surface area contributed by atoms with Crippen molar-refractivity contribution >= 4 is 38.3 Å². The number of aryl methyl sites for hydroxylation is 1. The molecular weight excluding hydrogens is 480 g/mol. The Morgan fingerprint density at radius 2 is 1.88 bits per heavy atom. The molecule has 1 saturated heterocycles. The van der Waals surface area contributed by atoms with Crippen molar-refractivity contribution in [1.29, 1.82) is 0 Å². The fraction of sp³-hybridized carbons (Fsp3) is 0.273. The Bertz CT molecular complexity index is 1290. The molecule has 12 heteroatoms.